The number of carbonyl (C=O) groups excluding carboxylic acids is 2. The Labute approximate surface area is 169 Å². The van der Waals surface area contributed by atoms with Gasteiger partial charge in [0.1, 0.15) is 12.0 Å². The van der Waals surface area contributed by atoms with E-state index in [9.17, 15) is 9.59 Å². The third kappa shape index (κ3) is 3.94. The van der Waals surface area contributed by atoms with Crippen molar-refractivity contribution in [3.8, 4) is 0 Å². The van der Waals surface area contributed by atoms with E-state index in [0.717, 1.165) is 41.8 Å². The van der Waals surface area contributed by atoms with Crippen molar-refractivity contribution >= 4 is 34.6 Å². The number of aldehydes is 1. The molecule has 0 radical (unpaired) electrons. The summed E-state index contributed by atoms with van der Waals surface area (Å²) in [7, 11) is 0. The molecule has 29 heavy (non-hydrogen) atoms. The standard InChI is InChI=1S/C22H25N5O2/c1-15(2)24-18-4-3-7-23-21(18)26-8-10-27(11-9-26)22(29)20-13-17-6-5-16(14-28)12-19(17)25-20/h3-7,12-15,24-25H,8-11H2,1-2H3. The molecule has 1 fully saturated rings. The van der Waals surface area contributed by atoms with Crippen LogP contribution in [0.3, 0.4) is 0 Å². The van der Waals surface area contributed by atoms with Gasteiger partial charge in [0.05, 0.1) is 5.69 Å². The third-order valence-corrected chi connectivity index (χ3v) is 5.11. The molecular formula is C22H25N5O2. The van der Waals surface area contributed by atoms with Gasteiger partial charge in [-0.05, 0) is 38.1 Å². The van der Waals surface area contributed by atoms with Gasteiger partial charge in [-0.2, -0.15) is 0 Å². The van der Waals surface area contributed by atoms with Gasteiger partial charge in [0.25, 0.3) is 5.91 Å². The van der Waals surface area contributed by atoms with Gasteiger partial charge in [0.15, 0.2) is 5.82 Å². The summed E-state index contributed by atoms with van der Waals surface area (Å²) in [5, 5.41) is 4.37. The van der Waals surface area contributed by atoms with Crippen molar-refractivity contribution in [1.29, 1.82) is 0 Å². The lowest BCUT2D eigenvalue weighted by Crippen LogP contribution is -2.49. The predicted molar refractivity (Wildman–Crippen MR) is 115 cm³/mol. The Morgan fingerprint density at radius 3 is 2.69 bits per heavy atom. The molecule has 4 rings (SSSR count). The molecule has 1 aliphatic heterocycles. The molecule has 7 nitrogen and oxygen atoms in total. The summed E-state index contributed by atoms with van der Waals surface area (Å²) in [6.07, 6.45) is 2.61. The summed E-state index contributed by atoms with van der Waals surface area (Å²) in [6, 6.07) is 11.5. The summed E-state index contributed by atoms with van der Waals surface area (Å²) < 4.78 is 0. The molecule has 1 aliphatic rings. The van der Waals surface area contributed by atoms with Crippen LogP contribution in [0.15, 0.2) is 42.6 Å². The number of rotatable bonds is 5. The first-order chi connectivity index (χ1) is 14.0. The predicted octanol–water partition coefficient (Wildman–Crippen LogP) is 3.16. The van der Waals surface area contributed by atoms with Crippen molar-refractivity contribution in [2.75, 3.05) is 36.4 Å². The van der Waals surface area contributed by atoms with Crippen LogP contribution in [0.1, 0.15) is 34.7 Å². The van der Waals surface area contributed by atoms with Gasteiger partial charge < -0.3 is 20.1 Å². The molecule has 0 saturated carbocycles. The Hall–Kier alpha value is -3.35. The Bertz CT molecular complexity index is 1030. The number of amides is 1. The largest absolute Gasteiger partial charge is 0.380 e. The Kier molecular flexibility index (Phi) is 5.20. The minimum atomic E-state index is -0.0185. The fourth-order valence-electron chi connectivity index (χ4n) is 3.70. The number of hydrogen-bond donors (Lipinski definition) is 2. The van der Waals surface area contributed by atoms with Gasteiger partial charge in [-0.15, -0.1) is 0 Å². The molecule has 150 valence electrons. The molecule has 1 amide bonds. The first-order valence-corrected chi connectivity index (χ1v) is 9.89. The van der Waals surface area contributed by atoms with Crippen molar-refractivity contribution < 1.29 is 9.59 Å². The van der Waals surface area contributed by atoms with Crippen LogP contribution >= 0.6 is 0 Å². The number of anilines is 2. The SMILES string of the molecule is CC(C)Nc1cccnc1N1CCN(C(=O)c2cc3ccc(C=O)cc3[nH]2)CC1. The number of piperazine rings is 1. The highest BCUT2D eigenvalue weighted by atomic mass is 16.2. The van der Waals surface area contributed by atoms with Gasteiger partial charge in [-0.1, -0.05) is 12.1 Å². The zero-order valence-corrected chi connectivity index (χ0v) is 16.7. The maximum Gasteiger partial charge on any atom is 0.270 e. The van der Waals surface area contributed by atoms with E-state index in [-0.39, 0.29) is 5.91 Å². The lowest BCUT2D eigenvalue weighted by atomic mass is 10.2. The molecule has 3 aromatic rings. The minimum absolute atomic E-state index is 0.0185. The number of aromatic nitrogens is 2. The fourth-order valence-corrected chi connectivity index (χ4v) is 3.70. The summed E-state index contributed by atoms with van der Waals surface area (Å²) in [5.41, 5.74) is 2.96. The lowest BCUT2D eigenvalue weighted by molar-refractivity contribution is 0.0741. The summed E-state index contributed by atoms with van der Waals surface area (Å²) in [4.78, 5) is 35.7. The number of aromatic amines is 1. The number of hydrogen-bond acceptors (Lipinski definition) is 5. The zero-order chi connectivity index (χ0) is 20.4. The Balaban J connectivity index is 1.46. The normalized spacial score (nSPS) is 14.4. The van der Waals surface area contributed by atoms with Crippen molar-refractivity contribution in [1.82, 2.24) is 14.9 Å². The second kappa shape index (κ2) is 7.95. The highest BCUT2D eigenvalue weighted by molar-refractivity contribution is 5.99. The number of nitrogens with one attached hydrogen (secondary N) is 2. The zero-order valence-electron chi connectivity index (χ0n) is 16.7. The van der Waals surface area contributed by atoms with Crippen LogP contribution in [0.25, 0.3) is 10.9 Å². The smallest absolute Gasteiger partial charge is 0.270 e. The second-order valence-electron chi connectivity index (χ2n) is 7.60. The van der Waals surface area contributed by atoms with Crippen LogP contribution in [-0.2, 0) is 0 Å². The van der Waals surface area contributed by atoms with Crippen LogP contribution in [0.5, 0.6) is 0 Å². The molecule has 7 heteroatoms. The van der Waals surface area contributed by atoms with Gasteiger partial charge in [0, 0.05) is 54.9 Å². The van der Waals surface area contributed by atoms with Crippen molar-refractivity contribution in [2.24, 2.45) is 0 Å². The molecule has 1 saturated heterocycles. The number of pyridine rings is 1. The second-order valence-corrected chi connectivity index (χ2v) is 7.60. The Morgan fingerprint density at radius 2 is 1.97 bits per heavy atom. The number of fused-ring (bicyclic) bond motifs is 1. The van der Waals surface area contributed by atoms with Crippen LogP contribution in [-0.4, -0.2) is 59.3 Å². The van der Waals surface area contributed by atoms with Gasteiger partial charge in [0.2, 0.25) is 0 Å². The van der Waals surface area contributed by atoms with E-state index in [4.69, 9.17) is 0 Å². The number of nitrogens with zero attached hydrogens (tertiary/aromatic N) is 3. The number of benzene rings is 1. The van der Waals surface area contributed by atoms with Crippen LogP contribution in [0.4, 0.5) is 11.5 Å². The first kappa shape index (κ1) is 19.0. The maximum absolute atomic E-state index is 13.0. The molecule has 0 spiro atoms. The molecular weight excluding hydrogens is 366 g/mol. The molecule has 1 aromatic carbocycles. The fraction of sp³-hybridized carbons (Fsp3) is 0.318. The molecule has 0 unspecified atom stereocenters. The van der Waals surface area contributed by atoms with E-state index >= 15 is 0 Å². The number of carbonyl (C=O) groups is 2. The molecule has 3 heterocycles. The van der Waals surface area contributed by atoms with Crippen LogP contribution in [0, 0.1) is 0 Å². The van der Waals surface area contributed by atoms with E-state index in [0.29, 0.717) is 30.4 Å². The molecule has 0 aliphatic carbocycles. The monoisotopic (exact) mass is 391 g/mol. The topological polar surface area (TPSA) is 81.3 Å². The minimum Gasteiger partial charge on any atom is -0.380 e. The molecule has 2 aromatic heterocycles. The molecule has 2 N–H and O–H groups in total. The van der Waals surface area contributed by atoms with Gasteiger partial charge >= 0.3 is 0 Å². The lowest BCUT2D eigenvalue weighted by Gasteiger charge is -2.36. The number of H-pyrrole nitrogens is 1. The van der Waals surface area contributed by atoms with Gasteiger partial charge in [-0.3, -0.25) is 9.59 Å². The van der Waals surface area contributed by atoms with Gasteiger partial charge in [-0.25, -0.2) is 4.98 Å². The summed E-state index contributed by atoms with van der Waals surface area (Å²) in [5.74, 6) is 0.912. The highest BCUT2D eigenvalue weighted by Crippen LogP contribution is 2.25. The maximum atomic E-state index is 13.0. The van der Waals surface area contributed by atoms with Crippen molar-refractivity contribution in [2.45, 2.75) is 19.9 Å². The quantitative estimate of drug-likeness (QED) is 0.653. The van der Waals surface area contributed by atoms with E-state index in [1.165, 1.54) is 0 Å². The molecule has 0 atom stereocenters. The van der Waals surface area contributed by atoms with E-state index in [2.05, 4.69) is 34.0 Å². The van der Waals surface area contributed by atoms with Crippen LogP contribution in [0.2, 0.25) is 0 Å². The van der Waals surface area contributed by atoms with Crippen molar-refractivity contribution in [3.63, 3.8) is 0 Å². The molecule has 0 bridgehead atoms. The average Bonchev–Trinajstić information content (AvgIpc) is 3.16. The third-order valence-electron chi connectivity index (χ3n) is 5.11. The Morgan fingerprint density at radius 1 is 1.17 bits per heavy atom. The summed E-state index contributed by atoms with van der Waals surface area (Å²) >= 11 is 0. The van der Waals surface area contributed by atoms with E-state index < -0.39 is 0 Å². The highest BCUT2D eigenvalue weighted by Gasteiger charge is 2.25. The van der Waals surface area contributed by atoms with E-state index in [1.807, 2.05) is 29.2 Å². The average molecular weight is 391 g/mol. The van der Waals surface area contributed by atoms with Crippen molar-refractivity contribution in [3.05, 3.63) is 53.9 Å². The first-order valence-electron chi connectivity index (χ1n) is 9.89. The van der Waals surface area contributed by atoms with E-state index in [1.54, 1.807) is 18.3 Å². The summed E-state index contributed by atoms with van der Waals surface area (Å²) in [6.45, 7) is 6.92. The van der Waals surface area contributed by atoms with Crippen LogP contribution < -0.4 is 10.2 Å².